The number of hydrogen-bond donors (Lipinski definition) is 2. The van der Waals surface area contributed by atoms with Crippen LogP contribution in [0.4, 0.5) is 0 Å². The summed E-state index contributed by atoms with van der Waals surface area (Å²) in [4.78, 5) is 11.7. The Balaban J connectivity index is 1.80. The zero-order chi connectivity index (χ0) is 20.4. The van der Waals surface area contributed by atoms with Crippen LogP contribution >= 0.6 is 23.2 Å². The summed E-state index contributed by atoms with van der Waals surface area (Å²) in [5.41, 5.74) is 3.75. The van der Waals surface area contributed by atoms with Gasteiger partial charge in [-0.2, -0.15) is 0 Å². The first-order valence-corrected chi connectivity index (χ1v) is 10.3. The Morgan fingerprint density at radius 2 is 1.24 bits per heavy atom. The molecule has 29 heavy (non-hydrogen) atoms. The third-order valence-electron chi connectivity index (χ3n) is 5.53. The molecule has 1 saturated heterocycles. The molecule has 2 atom stereocenters. The molecule has 4 rings (SSSR count). The minimum Gasteiger partial charge on any atom is -0.303 e. The predicted octanol–water partition coefficient (Wildman–Crippen LogP) is 5.72. The van der Waals surface area contributed by atoms with E-state index in [0.717, 1.165) is 23.0 Å². The molecular weight excluding hydrogens is 403 g/mol. The molecule has 2 unspecified atom stereocenters. The molecule has 0 aromatic heterocycles. The Labute approximate surface area is 181 Å². The van der Waals surface area contributed by atoms with Crippen LogP contribution in [-0.2, 0) is 10.5 Å². The lowest BCUT2D eigenvalue weighted by Crippen LogP contribution is -2.46. The highest BCUT2D eigenvalue weighted by Gasteiger charge is 2.46. The van der Waals surface area contributed by atoms with Crippen molar-refractivity contribution < 1.29 is 4.79 Å². The first-order valence-electron chi connectivity index (χ1n) is 9.58. The van der Waals surface area contributed by atoms with Gasteiger partial charge in [0.25, 0.3) is 0 Å². The summed E-state index contributed by atoms with van der Waals surface area (Å²) >= 11 is 12.2. The summed E-state index contributed by atoms with van der Waals surface area (Å²) < 4.78 is 0. The fourth-order valence-corrected chi connectivity index (χ4v) is 4.25. The van der Waals surface area contributed by atoms with E-state index in [1.54, 1.807) is 0 Å². The third kappa shape index (κ3) is 4.10. The smallest absolute Gasteiger partial charge is 0.123 e. The molecule has 3 nitrogen and oxygen atoms in total. The summed E-state index contributed by atoms with van der Waals surface area (Å²) in [6.45, 7) is 2.05. The predicted molar refractivity (Wildman–Crippen MR) is 118 cm³/mol. The van der Waals surface area contributed by atoms with Gasteiger partial charge in [-0.25, -0.2) is 0 Å². The van der Waals surface area contributed by atoms with Crippen molar-refractivity contribution >= 4 is 29.5 Å². The normalized spacial score (nSPS) is 23.8. The maximum absolute atomic E-state index is 11.7. The van der Waals surface area contributed by atoms with E-state index in [-0.39, 0.29) is 12.1 Å². The number of aldehydes is 1. The van der Waals surface area contributed by atoms with E-state index in [1.807, 2.05) is 48.5 Å². The summed E-state index contributed by atoms with van der Waals surface area (Å²) in [5.74, 6) is 0. The van der Waals surface area contributed by atoms with Crippen LogP contribution in [0.1, 0.15) is 40.8 Å². The molecule has 3 aromatic rings. The van der Waals surface area contributed by atoms with Crippen molar-refractivity contribution in [3.05, 3.63) is 105 Å². The van der Waals surface area contributed by atoms with Gasteiger partial charge in [-0.3, -0.25) is 10.6 Å². The minimum atomic E-state index is -0.663. The van der Waals surface area contributed by atoms with E-state index in [0.29, 0.717) is 16.5 Å². The van der Waals surface area contributed by atoms with Crippen LogP contribution in [0.3, 0.4) is 0 Å². The van der Waals surface area contributed by atoms with Crippen molar-refractivity contribution in [3.8, 4) is 0 Å². The second-order valence-electron chi connectivity index (χ2n) is 7.49. The van der Waals surface area contributed by atoms with Crippen molar-refractivity contribution in [2.75, 3.05) is 0 Å². The number of hydrogen-bond acceptors (Lipinski definition) is 3. The molecule has 1 aliphatic rings. The minimum absolute atomic E-state index is 0.0466. The number of rotatable bonds is 5. The lowest BCUT2D eigenvalue weighted by Gasteiger charge is -2.30. The van der Waals surface area contributed by atoms with E-state index < -0.39 is 5.66 Å². The van der Waals surface area contributed by atoms with Gasteiger partial charge >= 0.3 is 0 Å². The molecule has 5 heteroatoms. The molecule has 0 amide bonds. The highest BCUT2D eigenvalue weighted by atomic mass is 35.5. The SMILES string of the molecule is Cc1ccc(C2(CC=O)NC(c3ccc(Cl)cc3)C(c3ccc(Cl)cc3)N2)cc1. The summed E-state index contributed by atoms with van der Waals surface area (Å²) in [7, 11) is 0. The van der Waals surface area contributed by atoms with Crippen molar-refractivity contribution in [2.24, 2.45) is 0 Å². The highest BCUT2D eigenvalue weighted by Crippen LogP contribution is 2.42. The van der Waals surface area contributed by atoms with Crippen molar-refractivity contribution in [2.45, 2.75) is 31.1 Å². The summed E-state index contributed by atoms with van der Waals surface area (Å²) in [6.07, 6.45) is 1.27. The summed E-state index contributed by atoms with van der Waals surface area (Å²) in [5, 5.41) is 8.83. The number of aryl methyl sites for hydroxylation is 1. The monoisotopic (exact) mass is 424 g/mol. The molecule has 1 fully saturated rings. The van der Waals surface area contributed by atoms with Crippen LogP contribution < -0.4 is 10.6 Å². The Kier molecular flexibility index (Phi) is 5.75. The zero-order valence-electron chi connectivity index (χ0n) is 16.0. The largest absolute Gasteiger partial charge is 0.303 e. The Morgan fingerprint density at radius 1 is 0.793 bits per heavy atom. The molecule has 0 bridgehead atoms. The molecular formula is C24H22Cl2N2O. The first-order chi connectivity index (χ1) is 14.0. The van der Waals surface area contributed by atoms with Gasteiger partial charge in [-0.15, -0.1) is 0 Å². The van der Waals surface area contributed by atoms with Crippen LogP contribution in [-0.4, -0.2) is 6.29 Å². The first kappa shape index (κ1) is 20.1. The summed E-state index contributed by atoms with van der Waals surface area (Å²) in [6, 6.07) is 23.9. The van der Waals surface area contributed by atoms with Crippen molar-refractivity contribution in [3.63, 3.8) is 0 Å². The average Bonchev–Trinajstić information content (AvgIpc) is 3.10. The van der Waals surface area contributed by atoms with Gasteiger partial charge in [0.15, 0.2) is 0 Å². The zero-order valence-corrected chi connectivity index (χ0v) is 17.5. The van der Waals surface area contributed by atoms with Gasteiger partial charge in [-0.1, -0.05) is 77.3 Å². The molecule has 0 saturated carbocycles. The molecule has 1 heterocycles. The van der Waals surface area contributed by atoms with Crippen molar-refractivity contribution in [1.82, 2.24) is 10.6 Å². The van der Waals surface area contributed by atoms with Gasteiger partial charge in [0, 0.05) is 16.5 Å². The number of nitrogens with one attached hydrogen (secondary N) is 2. The Bertz CT molecular complexity index is 931. The van der Waals surface area contributed by atoms with Gasteiger partial charge in [-0.05, 0) is 47.9 Å². The topological polar surface area (TPSA) is 41.1 Å². The van der Waals surface area contributed by atoms with Crippen LogP contribution in [0.2, 0.25) is 10.0 Å². The molecule has 0 radical (unpaired) electrons. The number of carbonyl (C=O) groups is 1. The number of benzene rings is 3. The fourth-order valence-electron chi connectivity index (χ4n) is 4.00. The van der Waals surface area contributed by atoms with Gasteiger partial charge in [0.1, 0.15) is 11.9 Å². The van der Waals surface area contributed by atoms with Crippen LogP contribution in [0.25, 0.3) is 0 Å². The van der Waals surface area contributed by atoms with E-state index in [1.165, 1.54) is 5.56 Å². The van der Waals surface area contributed by atoms with Crippen molar-refractivity contribution in [1.29, 1.82) is 0 Å². The van der Waals surface area contributed by atoms with Crippen LogP contribution in [0.15, 0.2) is 72.8 Å². The van der Waals surface area contributed by atoms with E-state index in [2.05, 4.69) is 41.8 Å². The van der Waals surface area contributed by atoms with E-state index in [4.69, 9.17) is 23.2 Å². The van der Waals surface area contributed by atoms with E-state index in [9.17, 15) is 4.79 Å². The number of halogens is 2. The van der Waals surface area contributed by atoms with Crippen LogP contribution in [0.5, 0.6) is 0 Å². The standard InChI is InChI=1S/C24H22Cl2N2O/c1-16-2-8-19(9-3-16)24(14-15-29)27-22(17-4-10-20(25)11-5-17)23(28-24)18-6-12-21(26)13-7-18/h2-13,15,22-23,27-28H,14H2,1H3. The second-order valence-corrected chi connectivity index (χ2v) is 8.36. The quantitative estimate of drug-likeness (QED) is 0.514. The average molecular weight is 425 g/mol. The Hall–Kier alpha value is -2.17. The van der Waals surface area contributed by atoms with E-state index >= 15 is 0 Å². The molecule has 1 aliphatic heterocycles. The lowest BCUT2D eigenvalue weighted by atomic mass is 9.95. The second kappa shape index (κ2) is 8.29. The lowest BCUT2D eigenvalue weighted by molar-refractivity contribution is -0.109. The Morgan fingerprint density at radius 3 is 1.66 bits per heavy atom. The maximum atomic E-state index is 11.7. The molecule has 2 N–H and O–H groups in total. The molecule has 148 valence electrons. The molecule has 0 spiro atoms. The van der Waals surface area contributed by atoms with Crippen LogP contribution in [0, 0.1) is 6.92 Å². The van der Waals surface area contributed by atoms with Gasteiger partial charge in [0.2, 0.25) is 0 Å². The highest BCUT2D eigenvalue weighted by molar-refractivity contribution is 6.30. The third-order valence-corrected chi connectivity index (χ3v) is 6.03. The van der Waals surface area contributed by atoms with Gasteiger partial charge < -0.3 is 4.79 Å². The van der Waals surface area contributed by atoms with Gasteiger partial charge in [0.05, 0.1) is 12.1 Å². The molecule has 3 aromatic carbocycles. The maximum Gasteiger partial charge on any atom is 0.123 e. The number of carbonyl (C=O) groups excluding carboxylic acids is 1. The molecule has 0 aliphatic carbocycles. The fraction of sp³-hybridized carbons (Fsp3) is 0.208.